The van der Waals surface area contributed by atoms with Crippen LogP contribution in [0.2, 0.25) is 0 Å². The fourth-order valence-corrected chi connectivity index (χ4v) is 11.9. The Morgan fingerprint density at radius 3 is 1.24 bits per heavy atom. The molecule has 0 bridgehead atoms. The van der Waals surface area contributed by atoms with Crippen LogP contribution in [0.3, 0.4) is 0 Å². The first-order chi connectivity index (χ1) is 36.7. The number of aromatic nitrogens is 3. The second kappa shape index (κ2) is 15.8. The zero-order valence-electron chi connectivity index (χ0n) is 39.8. The van der Waals surface area contributed by atoms with Crippen LogP contribution in [-0.4, -0.2) is 14.1 Å². The lowest BCUT2D eigenvalue weighted by Crippen LogP contribution is -1.96. The maximum absolute atomic E-state index is 6.51. The van der Waals surface area contributed by atoms with Gasteiger partial charge >= 0.3 is 0 Å². The number of nitrogens with zero attached hydrogens (tertiary/aromatic N) is 3. The highest BCUT2D eigenvalue weighted by molar-refractivity contribution is 6.15. The van der Waals surface area contributed by atoms with Gasteiger partial charge in [-0.05, 0) is 83.2 Å². The van der Waals surface area contributed by atoms with Crippen LogP contribution in [0.15, 0.2) is 258 Å². The van der Waals surface area contributed by atoms with E-state index in [1.807, 2.05) is 24.3 Å². The molecule has 5 heterocycles. The van der Waals surface area contributed by atoms with Crippen molar-refractivity contribution in [3.05, 3.63) is 249 Å². The molecule has 0 aliphatic carbocycles. The van der Waals surface area contributed by atoms with Gasteiger partial charge in [-0.25, -0.2) is 4.98 Å². The highest BCUT2D eigenvalue weighted by Crippen LogP contribution is 2.42. The van der Waals surface area contributed by atoms with E-state index in [2.05, 4.69) is 234 Å². The molecule has 0 amide bonds. The van der Waals surface area contributed by atoms with Crippen LogP contribution >= 0.6 is 0 Å². The van der Waals surface area contributed by atoms with Gasteiger partial charge in [-0.15, -0.1) is 0 Å². The Morgan fingerprint density at radius 1 is 0.284 bits per heavy atom. The molecule has 0 unspecified atom stereocenters. The second-order valence-electron chi connectivity index (χ2n) is 19.4. The van der Waals surface area contributed by atoms with Gasteiger partial charge in [-0.1, -0.05) is 182 Å². The molecule has 5 aromatic heterocycles. The Morgan fingerprint density at radius 2 is 0.703 bits per heavy atom. The van der Waals surface area contributed by atoms with Crippen molar-refractivity contribution >= 4 is 98.3 Å². The van der Waals surface area contributed by atoms with Crippen molar-refractivity contribution in [1.82, 2.24) is 14.1 Å². The van der Waals surface area contributed by atoms with Gasteiger partial charge in [0.1, 0.15) is 22.3 Å². The number of furan rings is 2. The summed E-state index contributed by atoms with van der Waals surface area (Å²) in [6, 6.07) is 89.1. The van der Waals surface area contributed by atoms with Gasteiger partial charge in [0.25, 0.3) is 0 Å². The second-order valence-corrected chi connectivity index (χ2v) is 19.4. The van der Waals surface area contributed by atoms with Crippen LogP contribution in [-0.2, 0) is 0 Å². The predicted octanol–water partition coefficient (Wildman–Crippen LogP) is 18.9. The molecule has 5 nitrogen and oxygen atoms in total. The number of para-hydroxylation sites is 6. The van der Waals surface area contributed by atoms with E-state index in [4.69, 9.17) is 13.8 Å². The Bertz CT molecular complexity index is 4950. The molecule has 0 fully saturated rings. The van der Waals surface area contributed by atoms with E-state index in [0.29, 0.717) is 0 Å². The van der Waals surface area contributed by atoms with Gasteiger partial charge in [0.2, 0.25) is 0 Å². The largest absolute Gasteiger partial charge is 0.455 e. The minimum absolute atomic E-state index is 0.899. The first-order valence-corrected chi connectivity index (χ1v) is 25.2. The highest BCUT2D eigenvalue weighted by Gasteiger charge is 2.20. The van der Waals surface area contributed by atoms with Crippen molar-refractivity contribution in [1.29, 1.82) is 0 Å². The summed E-state index contributed by atoms with van der Waals surface area (Å²) >= 11 is 0. The van der Waals surface area contributed by atoms with Gasteiger partial charge in [0, 0.05) is 82.1 Å². The van der Waals surface area contributed by atoms with E-state index >= 15 is 0 Å². The average molecular weight is 944 g/mol. The van der Waals surface area contributed by atoms with Crippen LogP contribution in [0.4, 0.5) is 0 Å². The lowest BCUT2D eigenvalue weighted by Gasteiger charge is -2.13. The van der Waals surface area contributed by atoms with Crippen LogP contribution in [0.5, 0.6) is 0 Å². The quantitative estimate of drug-likeness (QED) is 0.167. The SMILES string of the molecule is c1ccc2c(-c3ccc(-n4c5ccccc5c5ccc(-c6cccc7c6oc6ccccc67)cc54)cc3)nc(-c3ccc(-n4c5ccccc5c5ccc(-c6cccc7c6oc6ccccc67)cc54)cc3)cc2c1. The number of pyridine rings is 1. The van der Waals surface area contributed by atoms with Crippen LogP contribution in [0, 0.1) is 0 Å². The van der Waals surface area contributed by atoms with Gasteiger partial charge in [-0.2, -0.15) is 0 Å². The molecule has 16 aromatic rings. The lowest BCUT2D eigenvalue weighted by molar-refractivity contribution is 0.669. The monoisotopic (exact) mass is 943 g/mol. The number of benzene rings is 11. The zero-order chi connectivity index (χ0) is 48.4. The van der Waals surface area contributed by atoms with E-state index in [1.54, 1.807) is 0 Å². The average Bonchev–Trinajstić information content (AvgIpc) is 4.23. The summed E-state index contributed by atoms with van der Waals surface area (Å²) in [7, 11) is 0. The fourth-order valence-electron chi connectivity index (χ4n) is 11.9. The Balaban J connectivity index is 0.782. The van der Waals surface area contributed by atoms with Gasteiger partial charge in [0.05, 0.1) is 33.5 Å². The standard InChI is InChI=1S/C69H41N3O2/c1-2-14-49-44(13-1)39-60(42-27-33-47(34-28-42)71-61-23-7-3-15-52(61)54-37-31-45(40-63(54)71)50-19-11-21-58-56-17-5-9-25-65(56)73-68(50)58)70-67(49)43-29-35-48(36-30-43)72-62-24-8-4-16-53(62)55-38-32-46(41-64(55)72)51-20-12-22-59-57-18-6-10-26-66(57)74-69(51)59/h1-41H. The van der Waals surface area contributed by atoms with E-state index < -0.39 is 0 Å². The van der Waals surface area contributed by atoms with Crippen molar-refractivity contribution in [3.63, 3.8) is 0 Å². The third-order valence-corrected chi connectivity index (χ3v) is 15.3. The van der Waals surface area contributed by atoms with Gasteiger partial charge < -0.3 is 18.0 Å². The van der Waals surface area contributed by atoms with E-state index in [-0.39, 0.29) is 0 Å². The molecule has 0 saturated carbocycles. The summed E-state index contributed by atoms with van der Waals surface area (Å²) in [5.74, 6) is 0. The minimum atomic E-state index is 0.899. The summed E-state index contributed by atoms with van der Waals surface area (Å²) in [6.45, 7) is 0. The predicted molar refractivity (Wildman–Crippen MR) is 307 cm³/mol. The number of rotatable bonds is 6. The molecule has 0 saturated heterocycles. The van der Waals surface area contributed by atoms with Crippen molar-refractivity contribution in [3.8, 4) is 56.1 Å². The van der Waals surface area contributed by atoms with Crippen molar-refractivity contribution < 1.29 is 8.83 Å². The number of hydrogen-bond acceptors (Lipinski definition) is 3. The molecule has 0 N–H and O–H groups in total. The van der Waals surface area contributed by atoms with E-state index in [1.165, 1.54) is 21.5 Å². The normalized spacial score (nSPS) is 12.1. The van der Waals surface area contributed by atoms with Crippen molar-refractivity contribution in [2.45, 2.75) is 0 Å². The third-order valence-electron chi connectivity index (χ3n) is 15.3. The Hall–Kier alpha value is -9.97. The van der Waals surface area contributed by atoms with Gasteiger partial charge in [-0.3, -0.25) is 0 Å². The maximum Gasteiger partial charge on any atom is 0.143 e. The van der Waals surface area contributed by atoms with Crippen LogP contribution < -0.4 is 0 Å². The lowest BCUT2D eigenvalue weighted by atomic mass is 10.0. The highest BCUT2D eigenvalue weighted by atomic mass is 16.3. The molecule has 74 heavy (non-hydrogen) atoms. The van der Waals surface area contributed by atoms with Crippen molar-refractivity contribution in [2.24, 2.45) is 0 Å². The molecule has 0 atom stereocenters. The summed E-state index contributed by atoms with van der Waals surface area (Å²) in [5, 5.41) is 11.6. The van der Waals surface area contributed by atoms with E-state index in [0.717, 1.165) is 133 Å². The maximum atomic E-state index is 6.51. The summed E-state index contributed by atoms with van der Waals surface area (Å²) in [6.07, 6.45) is 0. The van der Waals surface area contributed by atoms with Crippen LogP contribution in [0.1, 0.15) is 0 Å². The smallest absolute Gasteiger partial charge is 0.143 e. The first kappa shape index (κ1) is 40.7. The molecule has 0 radical (unpaired) electrons. The number of fused-ring (bicyclic) bond motifs is 13. The molecule has 5 heteroatoms. The zero-order valence-corrected chi connectivity index (χ0v) is 39.8. The molecule has 0 aliphatic rings. The molecular weight excluding hydrogens is 903 g/mol. The Labute approximate surface area is 424 Å². The Kier molecular flexibility index (Phi) is 8.68. The van der Waals surface area contributed by atoms with Crippen molar-refractivity contribution in [2.75, 3.05) is 0 Å². The molecule has 0 aliphatic heterocycles. The summed E-state index contributed by atoms with van der Waals surface area (Å²) in [4.78, 5) is 5.47. The molecule has 344 valence electrons. The summed E-state index contributed by atoms with van der Waals surface area (Å²) < 4.78 is 17.8. The van der Waals surface area contributed by atoms with E-state index in [9.17, 15) is 0 Å². The number of hydrogen-bond donors (Lipinski definition) is 0. The first-order valence-electron chi connectivity index (χ1n) is 25.2. The molecule has 11 aromatic carbocycles. The summed E-state index contributed by atoms with van der Waals surface area (Å²) in [5.41, 5.74) is 18.7. The van der Waals surface area contributed by atoms with Gasteiger partial charge in [0.15, 0.2) is 0 Å². The topological polar surface area (TPSA) is 49.0 Å². The molecular formula is C69H41N3O2. The third kappa shape index (κ3) is 6.07. The molecule has 0 spiro atoms. The molecule has 16 rings (SSSR count). The van der Waals surface area contributed by atoms with Crippen LogP contribution in [0.25, 0.3) is 154 Å². The fraction of sp³-hybridized carbons (Fsp3) is 0. The minimum Gasteiger partial charge on any atom is -0.455 e.